The highest BCUT2D eigenvalue weighted by Gasteiger charge is 2.26. The van der Waals surface area contributed by atoms with E-state index >= 15 is 0 Å². The van der Waals surface area contributed by atoms with Crippen LogP contribution in [0.3, 0.4) is 0 Å². The molecule has 1 saturated heterocycles. The summed E-state index contributed by atoms with van der Waals surface area (Å²) in [6, 6.07) is 0. The fourth-order valence-corrected chi connectivity index (χ4v) is 2.34. The van der Waals surface area contributed by atoms with Gasteiger partial charge in [-0.2, -0.15) is 15.0 Å². The molecular formula is C12H19ClN6O. The van der Waals surface area contributed by atoms with Crippen molar-refractivity contribution in [3.05, 3.63) is 5.28 Å². The Bertz CT molecular complexity index is 483. The van der Waals surface area contributed by atoms with Crippen LogP contribution in [0, 0.1) is 5.92 Å². The zero-order valence-electron chi connectivity index (χ0n) is 11.5. The quantitative estimate of drug-likeness (QED) is 0.843. The number of hydrogen-bond acceptors (Lipinski definition) is 6. The fourth-order valence-electron chi connectivity index (χ4n) is 2.19. The lowest BCUT2D eigenvalue weighted by atomic mass is 9.98. The second-order valence-electron chi connectivity index (χ2n) is 4.84. The van der Waals surface area contributed by atoms with E-state index < -0.39 is 0 Å². The van der Waals surface area contributed by atoms with Crippen LogP contribution >= 0.6 is 11.6 Å². The number of hydrogen-bond donors (Lipinski definition) is 2. The third kappa shape index (κ3) is 3.69. The first-order valence-corrected chi connectivity index (χ1v) is 7.17. The molecule has 0 radical (unpaired) electrons. The van der Waals surface area contributed by atoms with Gasteiger partial charge in [-0.15, -0.1) is 0 Å². The molecule has 2 heterocycles. The summed E-state index contributed by atoms with van der Waals surface area (Å²) >= 11 is 5.93. The number of nitrogens with two attached hydrogens (primary N) is 1. The van der Waals surface area contributed by atoms with Crippen molar-refractivity contribution in [3.63, 3.8) is 0 Å². The Hall–Kier alpha value is -1.63. The summed E-state index contributed by atoms with van der Waals surface area (Å²) in [6.07, 6.45) is 2.66. The normalized spacial score (nSPS) is 18.9. The molecule has 0 bridgehead atoms. The van der Waals surface area contributed by atoms with Crippen molar-refractivity contribution in [2.75, 3.05) is 29.9 Å². The van der Waals surface area contributed by atoms with Gasteiger partial charge in [0.2, 0.25) is 23.1 Å². The average Bonchev–Trinajstić information content (AvgIpc) is 2.44. The molecule has 1 fully saturated rings. The summed E-state index contributed by atoms with van der Waals surface area (Å²) in [7, 11) is 0. The zero-order valence-corrected chi connectivity index (χ0v) is 12.2. The number of amides is 1. The Morgan fingerprint density at radius 1 is 1.50 bits per heavy atom. The van der Waals surface area contributed by atoms with Crippen molar-refractivity contribution in [1.82, 2.24) is 15.0 Å². The first-order chi connectivity index (χ1) is 9.60. The van der Waals surface area contributed by atoms with Gasteiger partial charge in [0.1, 0.15) is 0 Å². The van der Waals surface area contributed by atoms with Crippen molar-refractivity contribution in [2.45, 2.75) is 26.2 Å². The van der Waals surface area contributed by atoms with Crippen LogP contribution in [-0.4, -0.2) is 40.5 Å². The zero-order chi connectivity index (χ0) is 14.5. The molecule has 1 atom stereocenters. The molecule has 1 aromatic rings. The van der Waals surface area contributed by atoms with Crippen molar-refractivity contribution in [3.8, 4) is 0 Å². The summed E-state index contributed by atoms with van der Waals surface area (Å²) in [6.45, 7) is 4.14. The van der Waals surface area contributed by atoms with Crippen LogP contribution in [0.15, 0.2) is 0 Å². The van der Waals surface area contributed by atoms with Crippen LogP contribution in [0.2, 0.25) is 5.28 Å². The van der Waals surface area contributed by atoms with Crippen LogP contribution < -0.4 is 16.0 Å². The van der Waals surface area contributed by atoms with Gasteiger partial charge in [-0.3, -0.25) is 4.79 Å². The number of carbonyl (C=O) groups excluding carboxylic acids is 1. The number of carbonyl (C=O) groups is 1. The summed E-state index contributed by atoms with van der Waals surface area (Å²) in [5.41, 5.74) is 5.38. The molecule has 2 rings (SSSR count). The maximum atomic E-state index is 11.3. The number of rotatable bonds is 5. The Labute approximate surface area is 122 Å². The highest BCUT2D eigenvalue weighted by Crippen LogP contribution is 2.21. The predicted octanol–water partition coefficient (Wildman–Crippen LogP) is 1.05. The molecule has 0 spiro atoms. The van der Waals surface area contributed by atoms with Crippen LogP contribution in [0.5, 0.6) is 0 Å². The molecule has 7 nitrogen and oxygen atoms in total. The lowest BCUT2D eigenvalue weighted by molar-refractivity contribution is -0.122. The SMILES string of the molecule is CCCNc1nc(Cl)nc(N2CCCC(C(N)=O)C2)n1. The maximum absolute atomic E-state index is 11.3. The van der Waals surface area contributed by atoms with Crippen molar-refractivity contribution in [1.29, 1.82) is 0 Å². The molecule has 0 aromatic carbocycles. The molecular weight excluding hydrogens is 280 g/mol. The van der Waals surface area contributed by atoms with E-state index in [1.807, 2.05) is 4.90 Å². The number of halogens is 1. The highest BCUT2D eigenvalue weighted by atomic mass is 35.5. The Morgan fingerprint density at radius 3 is 3.00 bits per heavy atom. The molecule has 1 aliphatic heterocycles. The second kappa shape index (κ2) is 6.69. The van der Waals surface area contributed by atoms with E-state index in [4.69, 9.17) is 17.3 Å². The van der Waals surface area contributed by atoms with Crippen molar-refractivity contribution >= 4 is 29.4 Å². The monoisotopic (exact) mass is 298 g/mol. The van der Waals surface area contributed by atoms with E-state index in [1.165, 1.54) is 0 Å². The van der Waals surface area contributed by atoms with E-state index in [-0.39, 0.29) is 17.1 Å². The smallest absolute Gasteiger partial charge is 0.231 e. The molecule has 0 aliphatic carbocycles. The summed E-state index contributed by atoms with van der Waals surface area (Å²) in [4.78, 5) is 25.8. The third-order valence-corrected chi connectivity index (χ3v) is 3.41. The fraction of sp³-hybridized carbons (Fsp3) is 0.667. The molecule has 1 unspecified atom stereocenters. The molecule has 0 saturated carbocycles. The van der Waals surface area contributed by atoms with Crippen molar-refractivity contribution < 1.29 is 4.79 Å². The Morgan fingerprint density at radius 2 is 2.30 bits per heavy atom. The van der Waals surface area contributed by atoms with Crippen LogP contribution in [0.4, 0.5) is 11.9 Å². The number of anilines is 2. The standard InChI is InChI=1S/C12H19ClN6O/c1-2-5-15-11-16-10(13)17-12(18-11)19-6-3-4-8(7-19)9(14)20/h8H,2-7H2,1H3,(H2,14,20)(H,15,16,17,18). The summed E-state index contributed by atoms with van der Waals surface area (Å²) in [5, 5.41) is 3.23. The number of primary amides is 1. The number of nitrogens with one attached hydrogen (secondary N) is 1. The second-order valence-corrected chi connectivity index (χ2v) is 5.18. The van der Waals surface area contributed by atoms with Gasteiger partial charge in [-0.05, 0) is 30.9 Å². The summed E-state index contributed by atoms with van der Waals surface area (Å²) < 4.78 is 0. The molecule has 1 amide bonds. The van der Waals surface area contributed by atoms with Gasteiger partial charge in [0, 0.05) is 19.6 Å². The van der Waals surface area contributed by atoms with E-state index in [0.717, 1.165) is 32.4 Å². The highest BCUT2D eigenvalue weighted by molar-refractivity contribution is 6.28. The van der Waals surface area contributed by atoms with Gasteiger partial charge >= 0.3 is 0 Å². The molecule has 1 aromatic heterocycles. The number of aromatic nitrogens is 3. The minimum atomic E-state index is -0.279. The third-order valence-electron chi connectivity index (χ3n) is 3.24. The van der Waals surface area contributed by atoms with Crippen LogP contribution in [0.1, 0.15) is 26.2 Å². The topological polar surface area (TPSA) is 97.0 Å². The molecule has 20 heavy (non-hydrogen) atoms. The number of piperidine rings is 1. The van der Waals surface area contributed by atoms with E-state index in [9.17, 15) is 4.79 Å². The van der Waals surface area contributed by atoms with Gasteiger partial charge in [0.15, 0.2) is 0 Å². The lowest BCUT2D eigenvalue weighted by Gasteiger charge is -2.31. The minimum Gasteiger partial charge on any atom is -0.369 e. The predicted molar refractivity (Wildman–Crippen MR) is 77.7 cm³/mol. The lowest BCUT2D eigenvalue weighted by Crippen LogP contribution is -2.42. The summed E-state index contributed by atoms with van der Waals surface area (Å²) in [5.74, 6) is 0.517. The Balaban J connectivity index is 2.14. The first-order valence-electron chi connectivity index (χ1n) is 6.80. The van der Waals surface area contributed by atoms with E-state index in [0.29, 0.717) is 18.4 Å². The van der Waals surface area contributed by atoms with E-state index in [2.05, 4.69) is 27.2 Å². The van der Waals surface area contributed by atoms with Gasteiger partial charge in [0.05, 0.1) is 5.92 Å². The molecule has 1 aliphatic rings. The van der Waals surface area contributed by atoms with Gasteiger partial charge in [-0.1, -0.05) is 6.92 Å². The van der Waals surface area contributed by atoms with Gasteiger partial charge in [-0.25, -0.2) is 0 Å². The molecule has 110 valence electrons. The van der Waals surface area contributed by atoms with E-state index in [1.54, 1.807) is 0 Å². The van der Waals surface area contributed by atoms with Crippen LogP contribution in [0.25, 0.3) is 0 Å². The van der Waals surface area contributed by atoms with Gasteiger partial charge < -0.3 is 16.0 Å². The van der Waals surface area contributed by atoms with Crippen molar-refractivity contribution in [2.24, 2.45) is 11.7 Å². The largest absolute Gasteiger partial charge is 0.369 e. The maximum Gasteiger partial charge on any atom is 0.231 e. The number of nitrogens with zero attached hydrogens (tertiary/aromatic N) is 4. The Kier molecular flexibility index (Phi) is 4.94. The first kappa shape index (κ1) is 14.8. The van der Waals surface area contributed by atoms with Crippen LogP contribution in [-0.2, 0) is 4.79 Å². The van der Waals surface area contributed by atoms with Gasteiger partial charge in [0.25, 0.3) is 0 Å². The molecule has 8 heteroatoms. The average molecular weight is 299 g/mol. The minimum absolute atomic E-state index is 0.148. The molecule has 3 N–H and O–H groups in total.